The van der Waals surface area contributed by atoms with Crippen LogP contribution in [0.25, 0.3) is 0 Å². The summed E-state index contributed by atoms with van der Waals surface area (Å²) in [6, 6.07) is 10.4. The van der Waals surface area contributed by atoms with E-state index in [4.69, 9.17) is 21.4 Å². The summed E-state index contributed by atoms with van der Waals surface area (Å²) in [6.07, 6.45) is 0. The Balaban J connectivity index is 2.22. The number of aromatic carboxylic acids is 1. The van der Waals surface area contributed by atoms with Crippen molar-refractivity contribution in [2.75, 3.05) is 12.4 Å². The summed E-state index contributed by atoms with van der Waals surface area (Å²) in [6.45, 7) is 2.41. The molecule has 0 bridgehead atoms. The van der Waals surface area contributed by atoms with Crippen LogP contribution < -0.4 is 10.1 Å². The number of rotatable bonds is 5. The molecule has 0 amide bonds. The highest BCUT2D eigenvalue weighted by atomic mass is 35.5. The summed E-state index contributed by atoms with van der Waals surface area (Å²) < 4.78 is 5.29. The third-order valence-corrected chi connectivity index (χ3v) is 3.43. The zero-order chi connectivity index (χ0) is 15.4. The number of aryl methyl sites for hydroxylation is 1. The van der Waals surface area contributed by atoms with Crippen molar-refractivity contribution in [1.82, 2.24) is 0 Å². The van der Waals surface area contributed by atoms with E-state index in [0.717, 1.165) is 22.6 Å². The quantitative estimate of drug-likeness (QED) is 0.877. The van der Waals surface area contributed by atoms with E-state index in [0.29, 0.717) is 11.6 Å². The first-order valence-electron chi connectivity index (χ1n) is 6.41. The number of carboxylic acids is 1. The van der Waals surface area contributed by atoms with Crippen molar-refractivity contribution in [2.24, 2.45) is 0 Å². The van der Waals surface area contributed by atoms with Crippen LogP contribution in [0.5, 0.6) is 5.75 Å². The third-order valence-electron chi connectivity index (χ3n) is 3.20. The van der Waals surface area contributed by atoms with Crippen molar-refractivity contribution in [3.05, 3.63) is 58.1 Å². The first-order chi connectivity index (χ1) is 10.0. The molecule has 0 fully saturated rings. The first kappa shape index (κ1) is 15.2. The number of ether oxygens (including phenoxy) is 1. The number of methoxy groups -OCH3 is 1. The predicted octanol–water partition coefficient (Wildman–Crippen LogP) is 3.97. The van der Waals surface area contributed by atoms with Gasteiger partial charge >= 0.3 is 5.97 Å². The monoisotopic (exact) mass is 305 g/mol. The summed E-state index contributed by atoms with van der Waals surface area (Å²) >= 11 is 5.99. The van der Waals surface area contributed by atoms with E-state index in [9.17, 15) is 4.79 Å². The number of anilines is 1. The fraction of sp³-hybridized carbons (Fsp3) is 0.188. The summed E-state index contributed by atoms with van der Waals surface area (Å²) in [5.74, 6) is -0.211. The van der Waals surface area contributed by atoms with E-state index in [1.165, 1.54) is 0 Å². The second kappa shape index (κ2) is 6.50. The normalized spacial score (nSPS) is 10.2. The van der Waals surface area contributed by atoms with Crippen LogP contribution in [0.1, 0.15) is 21.5 Å². The molecule has 0 unspecified atom stereocenters. The topological polar surface area (TPSA) is 58.6 Å². The highest BCUT2D eigenvalue weighted by Crippen LogP contribution is 2.25. The van der Waals surface area contributed by atoms with Gasteiger partial charge in [-0.05, 0) is 42.8 Å². The summed E-state index contributed by atoms with van der Waals surface area (Å²) in [5.41, 5.74) is 2.91. The van der Waals surface area contributed by atoms with Crippen molar-refractivity contribution < 1.29 is 14.6 Å². The average molecular weight is 306 g/mol. The first-order valence-corrected chi connectivity index (χ1v) is 6.79. The van der Waals surface area contributed by atoms with E-state index < -0.39 is 5.97 Å². The molecule has 0 spiro atoms. The van der Waals surface area contributed by atoms with E-state index in [-0.39, 0.29) is 5.56 Å². The Labute approximate surface area is 128 Å². The van der Waals surface area contributed by atoms with Gasteiger partial charge in [0.2, 0.25) is 0 Å². The van der Waals surface area contributed by atoms with E-state index in [1.54, 1.807) is 37.4 Å². The van der Waals surface area contributed by atoms with Gasteiger partial charge in [-0.3, -0.25) is 0 Å². The molecule has 21 heavy (non-hydrogen) atoms. The minimum Gasteiger partial charge on any atom is -0.496 e. The van der Waals surface area contributed by atoms with Crippen LogP contribution in [0.2, 0.25) is 5.02 Å². The van der Waals surface area contributed by atoms with Crippen molar-refractivity contribution in [1.29, 1.82) is 0 Å². The highest BCUT2D eigenvalue weighted by Gasteiger charge is 2.08. The van der Waals surface area contributed by atoms with Crippen LogP contribution in [-0.2, 0) is 6.54 Å². The minimum absolute atomic E-state index is 0.251. The molecule has 5 heteroatoms. The molecule has 0 saturated carbocycles. The number of hydrogen-bond donors (Lipinski definition) is 2. The molecule has 2 aromatic carbocycles. The zero-order valence-corrected chi connectivity index (χ0v) is 12.6. The van der Waals surface area contributed by atoms with Gasteiger partial charge in [-0.1, -0.05) is 17.7 Å². The number of carboxylic acid groups (broad SMARTS) is 1. The average Bonchev–Trinajstić information content (AvgIpc) is 2.46. The van der Waals surface area contributed by atoms with E-state index in [1.807, 2.05) is 13.0 Å². The number of hydrogen-bond acceptors (Lipinski definition) is 3. The van der Waals surface area contributed by atoms with E-state index >= 15 is 0 Å². The largest absolute Gasteiger partial charge is 0.496 e. The van der Waals surface area contributed by atoms with Gasteiger partial charge in [0.15, 0.2) is 0 Å². The Morgan fingerprint density at radius 2 is 2.05 bits per heavy atom. The Hall–Kier alpha value is -2.20. The highest BCUT2D eigenvalue weighted by molar-refractivity contribution is 6.30. The standard InChI is InChI=1S/C16H16ClNO3/c1-10-3-4-11(16(19)20)8-14(10)18-9-12-7-13(17)5-6-15(12)21-2/h3-8,18H,9H2,1-2H3,(H,19,20). The molecule has 110 valence electrons. The van der Waals surface area contributed by atoms with Gasteiger partial charge < -0.3 is 15.2 Å². The molecule has 0 aromatic heterocycles. The second-order valence-corrected chi connectivity index (χ2v) is 5.08. The van der Waals surface area contributed by atoms with Crippen molar-refractivity contribution in [2.45, 2.75) is 13.5 Å². The van der Waals surface area contributed by atoms with Crippen LogP contribution in [0.3, 0.4) is 0 Å². The van der Waals surface area contributed by atoms with Gasteiger partial charge in [-0.2, -0.15) is 0 Å². The molecule has 2 rings (SSSR count). The maximum Gasteiger partial charge on any atom is 0.335 e. The molecule has 2 N–H and O–H groups in total. The van der Waals surface area contributed by atoms with Gasteiger partial charge in [0.25, 0.3) is 0 Å². The molecule has 0 aliphatic carbocycles. The lowest BCUT2D eigenvalue weighted by molar-refractivity contribution is 0.0697. The molecule has 0 aliphatic heterocycles. The summed E-state index contributed by atoms with van der Waals surface area (Å²) in [7, 11) is 1.60. The lowest BCUT2D eigenvalue weighted by atomic mass is 10.1. The SMILES string of the molecule is COc1ccc(Cl)cc1CNc1cc(C(=O)O)ccc1C. The number of benzene rings is 2. The van der Waals surface area contributed by atoms with Crippen LogP contribution >= 0.6 is 11.6 Å². The van der Waals surface area contributed by atoms with Gasteiger partial charge in [-0.15, -0.1) is 0 Å². The fourth-order valence-corrected chi connectivity index (χ4v) is 2.22. The molecular formula is C16H16ClNO3. The lowest BCUT2D eigenvalue weighted by Crippen LogP contribution is -2.05. The smallest absolute Gasteiger partial charge is 0.335 e. The number of nitrogens with one attached hydrogen (secondary N) is 1. The Bertz CT molecular complexity index is 671. The van der Waals surface area contributed by atoms with Crippen LogP contribution in [0.15, 0.2) is 36.4 Å². The van der Waals surface area contributed by atoms with Crippen LogP contribution in [0.4, 0.5) is 5.69 Å². The summed E-state index contributed by atoms with van der Waals surface area (Å²) in [4.78, 5) is 11.0. The molecule has 0 atom stereocenters. The van der Waals surface area contributed by atoms with Crippen molar-refractivity contribution in [3.8, 4) is 5.75 Å². The minimum atomic E-state index is -0.946. The zero-order valence-electron chi connectivity index (χ0n) is 11.8. The second-order valence-electron chi connectivity index (χ2n) is 4.64. The Morgan fingerprint density at radius 1 is 1.29 bits per heavy atom. The predicted molar refractivity (Wildman–Crippen MR) is 83.5 cm³/mol. The molecule has 0 heterocycles. The molecule has 0 saturated heterocycles. The Morgan fingerprint density at radius 3 is 2.71 bits per heavy atom. The van der Waals surface area contributed by atoms with Gasteiger partial charge in [0.05, 0.1) is 12.7 Å². The van der Waals surface area contributed by atoms with E-state index in [2.05, 4.69) is 5.32 Å². The third kappa shape index (κ3) is 3.67. The van der Waals surface area contributed by atoms with Gasteiger partial charge in [0.1, 0.15) is 5.75 Å². The molecule has 0 radical (unpaired) electrons. The maximum absolute atomic E-state index is 11.0. The molecule has 2 aromatic rings. The van der Waals surface area contributed by atoms with Gasteiger partial charge in [0, 0.05) is 22.8 Å². The molecule has 4 nitrogen and oxygen atoms in total. The van der Waals surface area contributed by atoms with Crippen LogP contribution in [0, 0.1) is 6.92 Å². The summed E-state index contributed by atoms with van der Waals surface area (Å²) in [5, 5.41) is 12.9. The fourth-order valence-electron chi connectivity index (χ4n) is 2.02. The lowest BCUT2D eigenvalue weighted by Gasteiger charge is -2.13. The maximum atomic E-state index is 11.0. The van der Waals surface area contributed by atoms with Crippen LogP contribution in [-0.4, -0.2) is 18.2 Å². The van der Waals surface area contributed by atoms with Crippen molar-refractivity contribution in [3.63, 3.8) is 0 Å². The van der Waals surface area contributed by atoms with Gasteiger partial charge in [-0.25, -0.2) is 4.79 Å². The molecular weight excluding hydrogens is 290 g/mol. The number of carbonyl (C=O) groups is 1. The number of halogens is 1. The molecule has 0 aliphatic rings. The Kier molecular flexibility index (Phi) is 4.70. The van der Waals surface area contributed by atoms with Crippen molar-refractivity contribution >= 4 is 23.3 Å².